The van der Waals surface area contributed by atoms with E-state index in [2.05, 4.69) is 19.6 Å². The first-order chi connectivity index (χ1) is 6.71. The molecule has 0 unspecified atom stereocenters. The highest BCUT2D eigenvalue weighted by Gasteiger charge is 2.14. The standard InChI is InChI=1S/C11H25O2Si2/c1-14(2,3)13-10-8-6-7-9-11-15(4,5)12/h9,11H,6-8,10H2,1-5H3. The summed E-state index contributed by atoms with van der Waals surface area (Å²) in [5.74, 6) is 0. The van der Waals surface area contributed by atoms with Crippen LogP contribution < -0.4 is 0 Å². The lowest BCUT2D eigenvalue weighted by Crippen LogP contribution is -2.25. The number of rotatable bonds is 7. The first-order valence-corrected chi connectivity index (χ1v) is 12.1. The molecule has 1 radical (unpaired) electrons. The van der Waals surface area contributed by atoms with Crippen molar-refractivity contribution >= 4 is 16.6 Å². The van der Waals surface area contributed by atoms with E-state index in [-0.39, 0.29) is 0 Å². The molecule has 0 heterocycles. The molecule has 0 amide bonds. The van der Waals surface area contributed by atoms with Crippen molar-refractivity contribution in [3.63, 3.8) is 0 Å². The molecule has 0 saturated heterocycles. The third-order valence-corrected chi connectivity index (χ3v) is 3.93. The van der Waals surface area contributed by atoms with Crippen LogP contribution in [-0.2, 0) is 9.22 Å². The summed E-state index contributed by atoms with van der Waals surface area (Å²) in [6.45, 7) is 11.1. The topological polar surface area (TPSA) is 29.1 Å². The molecule has 0 spiro atoms. The first-order valence-electron chi connectivity index (χ1n) is 5.73. The zero-order valence-corrected chi connectivity index (χ0v) is 12.8. The van der Waals surface area contributed by atoms with E-state index >= 15 is 0 Å². The van der Waals surface area contributed by atoms with Gasteiger partial charge in [0, 0.05) is 6.61 Å². The normalized spacial score (nSPS) is 13.7. The smallest absolute Gasteiger partial charge is 0.254 e. The van der Waals surface area contributed by atoms with Gasteiger partial charge in [-0.25, -0.2) is 0 Å². The fourth-order valence-electron chi connectivity index (χ4n) is 1.11. The number of hydrogen-bond acceptors (Lipinski definition) is 1. The molecular formula is C11H25O2Si2. The van der Waals surface area contributed by atoms with Gasteiger partial charge in [0.25, 0.3) is 8.32 Å². The molecule has 0 aromatic carbocycles. The van der Waals surface area contributed by atoms with E-state index in [9.17, 15) is 4.80 Å². The number of allylic oxidation sites excluding steroid dienone is 1. The van der Waals surface area contributed by atoms with Gasteiger partial charge < -0.3 is 4.43 Å². The molecule has 0 aliphatic heterocycles. The maximum absolute atomic E-state index is 11.4. The summed E-state index contributed by atoms with van der Waals surface area (Å²) in [5.41, 5.74) is 1.88. The number of hydrogen-bond donors (Lipinski definition) is 0. The van der Waals surface area contributed by atoms with E-state index in [0.717, 1.165) is 25.9 Å². The molecule has 0 aliphatic rings. The summed E-state index contributed by atoms with van der Waals surface area (Å²) in [6, 6.07) is 0. The van der Waals surface area contributed by atoms with Crippen molar-refractivity contribution < 1.29 is 9.22 Å². The minimum Gasteiger partial charge on any atom is -0.418 e. The largest absolute Gasteiger partial charge is 0.418 e. The average Bonchev–Trinajstić information content (AvgIpc) is 1.98. The van der Waals surface area contributed by atoms with Crippen LogP contribution in [0.3, 0.4) is 0 Å². The van der Waals surface area contributed by atoms with Crippen LogP contribution in [0.1, 0.15) is 19.3 Å². The lowest BCUT2D eigenvalue weighted by atomic mass is 10.2. The molecule has 89 valence electrons. The van der Waals surface area contributed by atoms with E-state index in [4.69, 9.17) is 4.43 Å². The van der Waals surface area contributed by atoms with Crippen LogP contribution >= 0.6 is 0 Å². The van der Waals surface area contributed by atoms with Gasteiger partial charge >= 0.3 is 0 Å². The third kappa shape index (κ3) is 14.1. The van der Waals surface area contributed by atoms with Crippen LogP contribution in [0.15, 0.2) is 11.8 Å². The highest BCUT2D eigenvalue weighted by molar-refractivity contribution is 6.74. The van der Waals surface area contributed by atoms with E-state index < -0.39 is 16.6 Å². The second kappa shape index (κ2) is 6.63. The Bertz CT molecular complexity index is 190. The van der Waals surface area contributed by atoms with Gasteiger partial charge in [-0.1, -0.05) is 11.8 Å². The molecule has 0 atom stereocenters. The predicted octanol–water partition coefficient (Wildman–Crippen LogP) is 3.74. The molecule has 0 aromatic rings. The van der Waals surface area contributed by atoms with Gasteiger partial charge in [-0.05, 0) is 52.0 Å². The van der Waals surface area contributed by atoms with Gasteiger partial charge in [-0.2, -0.15) is 0 Å². The summed E-state index contributed by atoms with van der Waals surface area (Å²) >= 11 is 0. The Morgan fingerprint density at radius 2 is 1.67 bits per heavy atom. The summed E-state index contributed by atoms with van der Waals surface area (Å²) in [6.07, 6.45) is 5.31. The Balaban J connectivity index is 3.37. The lowest BCUT2D eigenvalue weighted by molar-refractivity contribution is 0.301. The fourth-order valence-corrected chi connectivity index (χ4v) is 2.60. The number of unbranched alkanes of at least 4 members (excludes halogenated alkanes) is 2. The lowest BCUT2D eigenvalue weighted by Gasteiger charge is -2.16. The average molecular weight is 245 g/mol. The predicted molar refractivity (Wildman–Crippen MR) is 70.5 cm³/mol. The monoisotopic (exact) mass is 245 g/mol. The van der Waals surface area contributed by atoms with Gasteiger partial charge in [0.2, 0.25) is 0 Å². The van der Waals surface area contributed by atoms with Gasteiger partial charge in [0.1, 0.15) is 0 Å². The van der Waals surface area contributed by atoms with E-state index in [0.29, 0.717) is 0 Å². The van der Waals surface area contributed by atoms with Gasteiger partial charge in [0.15, 0.2) is 8.32 Å². The highest BCUT2D eigenvalue weighted by Crippen LogP contribution is 2.06. The molecule has 0 N–H and O–H groups in total. The van der Waals surface area contributed by atoms with E-state index in [1.165, 1.54) is 0 Å². The molecule has 4 heteroatoms. The van der Waals surface area contributed by atoms with Crippen LogP contribution in [0.5, 0.6) is 0 Å². The van der Waals surface area contributed by atoms with Crippen LogP contribution in [0.2, 0.25) is 32.7 Å². The van der Waals surface area contributed by atoms with Crippen LogP contribution in [0.25, 0.3) is 0 Å². The van der Waals surface area contributed by atoms with Crippen molar-refractivity contribution in [1.29, 1.82) is 0 Å². The second-order valence-electron chi connectivity index (χ2n) is 5.46. The summed E-state index contributed by atoms with van der Waals surface area (Å²) in [7, 11) is -3.53. The third-order valence-electron chi connectivity index (χ3n) is 1.82. The fraction of sp³-hybridized carbons (Fsp3) is 0.818. The minimum atomic E-state index is -2.21. The Morgan fingerprint density at radius 3 is 2.13 bits per heavy atom. The van der Waals surface area contributed by atoms with Crippen LogP contribution in [0, 0.1) is 0 Å². The molecule has 2 nitrogen and oxygen atoms in total. The Morgan fingerprint density at radius 1 is 1.07 bits per heavy atom. The van der Waals surface area contributed by atoms with E-state index in [1.54, 1.807) is 0 Å². The molecule has 15 heavy (non-hydrogen) atoms. The molecular weight excluding hydrogens is 220 g/mol. The quantitative estimate of drug-likeness (QED) is 0.496. The first kappa shape index (κ1) is 15.1. The van der Waals surface area contributed by atoms with Gasteiger partial charge in [0.05, 0.1) is 0 Å². The van der Waals surface area contributed by atoms with Gasteiger partial charge in [-0.3, -0.25) is 4.80 Å². The molecule has 0 rings (SSSR count). The van der Waals surface area contributed by atoms with Crippen molar-refractivity contribution in [3.05, 3.63) is 11.8 Å². The van der Waals surface area contributed by atoms with Crippen LogP contribution in [-0.4, -0.2) is 23.2 Å². The summed E-state index contributed by atoms with van der Waals surface area (Å²) in [4.78, 5) is 11.4. The minimum absolute atomic E-state index is 0.877. The van der Waals surface area contributed by atoms with Crippen LogP contribution in [0.4, 0.5) is 0 Å². The Kier molecular flexibility index (Phi) is 6.67. The second-order valence-corrected chi connectivity index (χ2v) is 13.5. The van der Waals surface area contributed by atoms with Crippen molar-refractivity contribution in [2.24, 2.45) is 0 Å². The highest BCUT2D eigenvalue weighted by atomic mass is 28.4. The zero-order valence-electron chi connectivity index (χ0n) is 10.8. The zero-order chi connectivity index (χ0) is 11.9. The van der Waals surface area contributed by atoms with Crippen molar-refractivity contribution in [1.82, 2.24) is 0 Å². The summed E-state index contributed by atoms with van der Waals surface area (Å²) in [5, 5.41) is 0. The SMILES string of the molecule is C[Si](C)([O])C=CCCCCO[Si](C)(C)C. The van der Waals surface area contributed by atoms with Crippen molar-refractivity contribution in [2.75, 3.05) is 6.61 Å². The molecule has 0 saturated carbocycles. The molecule has 0 fully saturated rings. The van der Waals surface area contributed by atoms with Gasteiger partial charge in [-0.15, -0.1) is 0 Å². The Hall–Kier alpha value is 0.0938. The van der Waals surface area contributed by atoms with Crippen molar-refractivity contribution in [2.45, 2.75) is 52.0 Å². The van der Waals surface area contributed by atoms with Crippen molar-refractivity contribution in [3.8, 4) is 0 Å². The maximum Gasteiger partial charge on any atom is 0.254 e. The molecule has 0 aromatic heterocycles. The summed E-state index contributed by atoms with van der Waals surface area (Å²) < 4.78 is 5.74. The van der Waals surface area contributed by atoms with E-state index in [1.807, 2.05) is 24.9 Å². The molecule has 0 aliphatic carbocycles. The Labute approximate surface area is 96.6 Å². The molecule has 0 bridgehead atoms. The maximum atomic E-state index is 11.4.